The minimum Gasteiger partial charge on any atom is -0.202 e. The third-order valence-corrected chi connectivity index (χ3v) is 3.71. The minimum atomic E-state index is -7.72. The topological polar surface area (TPSA) is 0 Å². The third kappa shape index (κ3) is 7.17. The zero-order chi connectivity index (χ0) is 35.3. The molecule has 0 aromatic heterocycles. The van der Waals surface area contributed by atoms with E-state index in [0.29, 0.717) is 0 Å². The average Bonchev–Trinajstić information content (AvgIpc) is 2.73. The monoisotopic (exact) mass is 700 g/mol. The van der Waals surface area contributed by atoms with Crippen LogP contribution in [0.4, 0.5) is 123 Å². The highest BCUT2D eigenvalue weighted by Gasteiger charge is 2.83. The molecule has 0 aliphatic rings. The van der Waals surface area contributed by atoms with Crippen molar-refractivity contribution in [3.8, 4) is 0 Å². The molecule has 0 heterocycles. The molecule has 0 nitrogen and oxygen atoms in total. The van der Waals surface area contributed by atoms with Crippen LogP contribution in [0.15, 0.2) is 23.3 Å². The van der Waals surface area contributed by atoms with Crippen LogP contribution in [-0.2, 0) is 0 Å². The summed E-state index contributed by atoms with van der Waals surface area (Å²) in [5.41, 5.74) is 0. The van der Waals surface area contributed by atoms with Crippen LogP contribution in [0.5, 0.6) is 0 Å². The number of halogens is 28. The molecule has 0 fully saturated rings. The molecule has 0 amide bonds. The fraction of sp³-hybridized carbons (Fsp3) is 0.714. The van der Waals surface area contributed by atoms with Crippen molar-refractivity contribution in [1.29, 1.82) is 0 Å². The zero-order valence-electron chi connectivity index (χ0n) is 17.6. The van der Waals surface area contributed by atoms with Crippen molar-refractivity contribution in [3.63, 3.8) is 0 Å². The van der Waals surface area contributed by atoms with Gasteiger partial charge in [0.2, 0.25) is 23.3 Å². The van der Waals surface area contributed by atoms with Crippen molar-refractivity contribution >= 4 is 0 Å². The first-order valence-electron chi connectivity index (χ1n) is 8.29. The molecule has 42 heavy (non-hydrogen) atoms. The molecule has 0 spiro atoms. The summed E-state index contributed by atoms with van der Waals surface area (Å²) < 4.78 is 335. The summed E-state index contributed by atoms with van der Waals surface area (Å²) in [5, 5.41) is 0. The minimum absolute atomic E-state index is 4.56. The molecule has 252 valence electrons. The van der Waals surface area contributed by atoms with Crippen LogP contribution in [0.3, 0.4) is 0 Å². The molecule has 0 bridgehead atoms. The highest BCUT2D eigenvalue weighted by Crippen LogP contribution is 2.57. The molecule has 0 aromatic carbocycles. The second-order valence-corrected chi connectivity index (χ2v) is 6.69. The number of hydrogen-bond acceptors (Lipinski definition) is 0. The van der Waals surface area contributed by atoms with Gasteiger partial charge in [-0.2, -0.15) is 110 Å². The molecule has 0 atom stereocenters. The van der Waals surface area contributed by atoms with Gasteiger partial charge in [-0.05, 0) is 0 Å². The smallest absolute Gasteiger partial charge is 0.202 e. The summed E-state index contributed by atoms with van der Waals surface area (Å²) in [6.45, 7) is 0. The molecule has 0 saturated carbocycles. The highest BCUT2D eigenvalue weighted by molar-refractivity contribution is 5.22. The Kier molecular flexibility index (Phi) is 11.1. The maximum atomic E-state index is 12.5. The summed E-state index contributed by atoms with van der Waals surface area (Å²) in [6.07, 6.45) is -28.3. The van der Waals surface area contributed by atoms with E-state index < -0.39 is 83.5 Å². The van der Waals surface area contributed by atoms with Crippen molar-refractivity contribution in [2.75, 3.05) is 0 Å². The van der Waals surface area contributed by atoms with E-state index in [9.17, 15) is 123 Å². The Morgan fingerprint density at radius 3 is 0.714 bits per heavy atom. The van der Waals surface area contributed by atoms with Gasteiger partial charge in [0.25, 0.3) is 0 Å². The molecule has 0 aliphatic carbocycles. The SMILES string of the molecule is FC(=C(F)C(F)(F)C(F)(F)C(F)(F)C(F)(F)F)C(F)(F)F.FC(=C(F)C(F)(F)C(F)(F)C(F)(F)F)C(F)(F)C(F)(F)F. The maximum Gasteiger partial charge on any atom is 0.460 e. The van der Waals surface area contributed by atoms with Gasteiger partial charge in [0.1, 0.15) is 0 Å². The van der Waals surface area contributed by atoms with Gasteiger partial charge in [0.05, 0.1) is 0 Å². The maximum absolute atomic E-state index is 12.5. The molecule has 0 radical (unpaired) electrons. The molecular weight excluding hydrogens is 700 g/mol. The van der Waals surface area contributed by atoms with Crippen LogP contribution in [0, 0.1) is 0 Å². The van der Waals surface area contributed by atoms with Crippen molar-refractivity contribution in [2.24, 2.45) is 0 Å². The van der Waals surface area contributed by atoms with E-state index in [1.165, 1.54) is 0 Å². The van der Waals surface area contributed by atoms with Crippen molar-refractivity contribution in [2.45, 2.75) is 60.2 Å². The van der Waals surface area contributed by atoms with Crippen LogP contribution in [0.25, 0.3) is 0 Å². The second-order valence-electron chi connectivity index (χ2n) is 6.69. The van der Waals surface area contributed by atoms with Crippen LogP contribution in [0.2, 0.25) is 0 Å². The standard InChI is InChI=1S/2C7F14/c8-1(2(9)4(12,13)14)3(10,11)5(15,16)6(17,18)7(19,20)21;8-1(2(9)4(12,13)6(16,17)18)3(10,11)5(14,15)7(19,20)21. The van der Waals surface area contributed by atoms with E-state index in [2.05, 4.69) is 0 Å². The summed E-state index contributed by atoms with van der Waals surface area (Å²) >= 11 is 0. The first-order chi connectivity index (χ1) is 17.6. The predicted octanol–water partition coefficient (Wildman–Crippen LogP) is 10.3. The molecule has 0 aliphatic heterocycles. The predicted molar refractivity (Wildman–Crippen MR) is 72.4 cm³/mol. The summed E-state index contributed by atoms with van der Waals surface area (Å²) in [6, 6.07) is 0. The van der Waals surface area contributed by atoms with Gasteiger partial charge in [-0.3, -0.25) is 0 Å². The van der Waals surface area contributed by atoms with Crippen LogP contribution < -0.4 is 0 Å². The molecule has 28 heteroatoms. The molecule has 0 unspecified atom stereocenters. The molecule has 0 rings (SSSR count). The van der Waals surface area contributed by atoms with Gasteiger partial charge >= 0.3 is 60.2 Å². The Morgan fingerprint density at radius 1 is 0.238 bits per heavy atom. The first-order valence-corrected chi connectivity index (χ1v) is 8.29. The third-order valence-electron chi connectivity index (χ3n) is 3.71. The Balaban J connectivity index is 0. The Labute approximate surface area is 208 Å². The number of rotatable bonds is 6. The Hall–Kier alpha value is -2.48. The quantitative estimate of drug-likeness (QED) is 0.242. The Morgan fingerprint density at radius 2 is 0.476 bits per heavy atom. The number of allylic oxidation sites excluding steroid dienone is 4. The largest absolute Gasteiger partial charge is 0.460 e. The molecule has 0 N–H and O–H groups in total. The lowest BCUT2D eigenvalue weighted by Gasteiger charge is -2.32. The zero-order valence-corrected chi connectivity index (χ0v) is 17.6. The molecule has 0 saturated heterocycles. The number of hydrogen-bond donors (Lipinski definition) is 0. The van der Waals surface area contributed by atoms with E-state index in [-0.39, 0.29) is 0 Å². The van der Waals surface area contributed by atoms with E-state index in [0.717, 1.165) is 0 Å². The van der Waals surface area contributed by atoms with Crippen LogP contribution in [0.1, 0.15) is 0 Å². The van der Waals surface area contributed by atoms with Gasteiger partial charge in [-0.15, -0.1) is 0 Å². The lowest BCUT2D eigenvalue weighted by Crippen LogP contribution is -2.61. The second kappa shape index (κ2) is 11.2. The fourth-order valence-electron chi connectivity index (χ4n) is 1.49. The van der Waals surface area contributed by atoms with Gasteiger partial charge < -0.3 is 0 Å². The summed E-state index contributed by atoms with van der Waals surface area (Å²) in [7, 11) is 0. The van der Waals surface area contributed by atoms with Crippen LogP contribution in [-0.4, -0.2) is 60.2 Å². The average molecular weight is 700 g/mol. The Bertz CT molecular complexity index is 1000. The van der Waals surface area contributed by atoms with E-state index in [1.54, 1.807) is 0 Å². The summed E-state index contributed by atoms with van der Waals surface area (Å²) in [4.78, 5) is 0. The van der Waals surface area contributed by atoms with Crippen LogP contribution >= 0.6 is 0 Å². The van der Waals surface area contributed by atoms with E-state index in [1.807, 2.05) is 0 Å². The normalized spacial score (nSPS) is 16.9. The van der Waals surface area contributed by atoms with Crippen molar-refractivity contribution < 1.29 is 123 Å². The van der Waals surface area contributed by atoms with E-state index in [4.69, 9.17) is 0 Å². The van der Waals surface area contributed by atoms with Gasteiger partial charge in [0, 0.05) is 0 Å². The lowest BCUT2D eigenvalue weighted by molar-refractivity contribution is -0.392. The van der Waals surface area contributed by atoms with E-state index >= 15 is 0 Å². The first kappa shape index (κ1) is 41.7. The molecular formula is C14F28. The molecule has 0 aromatic rings. The fourth-order valence-corrected chi connectivity index (χ4v) is 1.49. The lowest BCUT2D eigenvalue weighted by atomic mass is 10.0. The number of alkyl halides is 24. The van der Waals surface area contributed by atoms with Gasteiger partial charge in [-0.1, -0.05) is 0 Å². The van der Waals surface area contributed by atoms with Gasteiger partial charge in [-0.25, -0.2) is 13.2 Å². The highest BCUT2D eigenvalue weighted by atomic mass is 19.4. The van der Waals surface area contributed by atoms with Gasteiger partial charge in [0.15, 0.2) is 0 Å². The summed E-state index contributed by atoms with van der Waals surface area (Å²) in [5.74, 6) is -63.6. The van der Waals surface area contributed by atoms with Crippen molar-refractivity contribution in [3.05, 3.63) is 23.3 Å². The van der Waals surface area contributed by atoms with Crippen molar-refractivity contribution in [1.82, 2.24) is 0 Å².